The van der Waals surface area contributed by atoms with Crippen molar-refractivity contribution in [2.24, 2.45) is 0 Å². The number of hydrogen-bond acceptors (Lipinski definition) is 6. The largest absolute Gasteiger partial charge is 1.00 e. The van der Waals surface area contributed by atoms with Crippen LogP contribution in [0.1, 0.15) is 0 Å². The van der Waals surface area contributed by atoms with Crippen LogP contribution in [0.15, 0.2) is 0 Å². The summed E-state index contributed by atoms with van der Waals surface area (Å²) in [5.74, 6) is 0. The second-order valence-electron chi connectivity index (χ2n) is 2.90. The quantitative estimate of drug-likeness (QED) is 0.323. The third-order valence-corrected chi connectivity index (χ3v) is 4.01. The van der Waals surface area contributed by atoms with Gasteiger partial charge >= 0.3 is 29.9 Å². The summed E-state index contributed by atoms with van der Waals surface area (Å²) in [5.41, 5.74) is -12.4. The third kappa shape index (κ3) is 9.87. The second-order valence-corrected chi connectivity index (χ2v) is 6.32. The molecule has 0 amide bonds. The number of rotatable bonds is 5. The Bertz CT molecular complexity index is 455. The van der Waals surface area contributed by atoms with E-state index < -0.39 is 31.1 Å². The van der Waals surface area contributed by atoms with Gasteiger partial charge < -0.3 is 13.6 Å². The zero-order chi connectivity index (χ0) is 17.5. The second kappa shape index (κ2) is 9.95. The molecular formula is C6H10F6LiNO6S2. The summed E-state index contributed by atoms with van der Waals surface area (Å²) in [7, 11) is -10.1. The monoisotopic (exact) mass is 377 g/mol. The van der Waals surface area contributed by atoms with Gasteiger partial charge in [0.25, 0.3) is 0 Å². The standard InChI is InChI=1S/C4H10O2.C2F6NO4S2.Li/c1-5-3-4-6-2;3-1(4,5)14(10,11)9-15(12,13)2(6,7)8;/h3-4H2,1-2H3;;/q;-1;+1. The molecule has 0 aliphatic carbocycles. The van der Waals surface area contributed by atoms with Crippen molar-refractivity contribution in [1.82, 2.24) is 0 Å². The normalized spacial score (nSPS) is 12.9. The fourth-order valence-electron chi connectivity index (χ4n) is 0.380. The molecule has 7 nitrogen and oxygen atoms in total. The van der Waals surface area contributed by atoms with E-state index in [9.17, 15) is 43.2 Å². The number of ether oxygens (including phenoxy) is 2. The van der Waals surface area contributed by atoms with E-state index in [0.29, 0.717) is 13.2 Å². The molecule has 0 aliphatic rings. The molecule has 0 fully saturated rings. The van der Waals surface area contributed by atoms with E-state index in [4.69, 9.17) is 0 Å². The number of halogens is 6. The predicted molar refractivity (Wildman–Crippen MR) is 57.1 cm³/mol. The van der Waals surface area contributed by atoms with Gasteiger partial charge in [0.2, 0.25) is 0 Å². The fraction of sp³-hybridized carbons (Fsp3) is 1.00. The van der Waals surface area contributed by atoms with Crippen LogP contribution in [-0.2, 0) is 29.5 Å². The Balaban J connectivity index is -0.000000439. The molecular weight excluding hydrogens is 367 g/mol. The summed E-state index contributed by atoms with van der Waals surface area (Å²) < 4.78 is 118. The zero-order valence-electron chi connectivity index (χ0n) is 11.4. The molecule has 0 heterocycles. The van der Waals surface area contributed by atoms with Crippen LogP contribution in [-0.4, -0.2) is 55.3 Å². The van der Waals surface area contributed by atoms with Gasteiger partial charge in [-0.3, -0.25) is 0 Å². The average Bonchev–Trinajstić information content (AvgIpc) is 2.22. The van der Waals surface area contributed by atoms with Crippen LogP contribution < -0.4 is 18.9 Å². The first-order valence-corrected chi connectivity index (χ1v) is 7.35. The van der Waals surface area contributed by atoms with Gasteiger partial charge in [0.05, 0.1) is 13.2 Å². The molecule has 16 heteroatoms. The molecule has 0 atom stereocenters. The maximum atomic E-state index is 11.4. The first-order valence-electron chi connectivity index (χ1n) is 4.47. The van der Waals surface area contributed by atoms with Crippen LogP contribution in [0.3, 0.4) is 0 Å². The number of hydrogen-bond donors (Lipinski definition) is 0. The van der Waals surface area contributed by atoms with Gasteiger partial charge in [-0.05, 0) is 0 Å². The van der Waals surface area contributed by atoms with Crippen LogP contribution in [0, 0.1) is 0 Å². The van der Waals surface area contributed by atoms with E-state index in [-0.39, 0.29) is 18.9 Å². The maximum absolute atomic E-state index is 11.4. The van der Waals surface area contributed by atoms with Crippen LogP contribution in [0.4, 0.5) is 26.3 Å². The smallest absolute Gasteiger partial charge is 0.421 e. The van der Waals surface area contributed by atoms with Gasteiger partial charge in [-0.2, -0.15) is 26.3 Å². The Kier molecular flexibility index (Phi) is 12.1. The summed E-state index contributed by atoms with van der Waals surface area (Å²) in [6, 6.07) is 0. The van der Waals surface area contributed by atoms with Crippen molar-refractivity contribution in [1.29, 1.82) is 0 Å². The molecule has 0 saturated carbocycles. The molecule has 0 rings (SSSR count). The Morgan fingerprint density at radius 1 is 0.773 bits per heavy atom. The van der Waals surface area contributed by atoms with Crippen molar-refractivity contribution in [3.63, 3.8) is 0 Å². The summed E-state index contributed by atoms with van der Waals surface area (Å²) in [6.07, 6.45) is 0. The molecule has 0 radical (unpaired) electrons. The topological polar surface area (TPSA) is 101 Å². The molecule has 0 unspecified atom stereocenters. The first kappa shape index (κ1) is 26.8. The number of nitrogens with zero attached hydrogens (tertiary/aromatic N) is 1. The Hall–Kier alpha value is -0.0426. The van der Waals surface area contributed by atoms with E-state index in [1.807, 2.05) is 0 Å². The molecule has 130 valence electrons. The average molecular weight is 377 g/mol. The minimum Gasteiger partial charge on any atom is -0.421 e. The minimum atomic E-state index is -6.72. The molecule has 0 aromatic heterocycles. The first-order chi connectivity index (χ1) is 9.12. The summed E-state index contributed by atoms with van der Waals surface area (Å²) in [4.78, 5) is 0. The number of sulfonamides is 2. The maximum Gasteiger partial charge on any atom is 1.00 e. The van der Waals surface area contributed by atoms with Gasteiger partial charge in [-0.1, -0.05) is 0 Å². The van der Waals surface area contributed by atoms with Crippen molar-refractivity contribution in [2.45, 2.75) is 11.0 Å². The van der Waals surface area contributed by atoms with E-state index in [2.05, 4.69) is 9.47 Å². The zero-order valence-corrected chi connectivity index (χ0v) is 13.0. The molecule has 0 aromatic rings. The SMILES string of the molecule is COCCOC.O=S(=O)([N-]S(=O)(=O)C(F)(F)F)C(F)(F)F.[Li+]. The van der Waals surface area contributed by atoms with Crippen molar-refractivity contribution in [2.75, 3.05) is 27.4 Å². The van der Waals surface area contributed by atoms with Crippen LogP contribution in [0.25, 0.3) is 4.13 Å². The van der Waals surface area contributed by atoms with Crippen molar-refractivity contribution in [3.8, 4) is 0 Å². The van der Waals surface area contributed by atoms with Crippen molar-refractivity contribution < 1.29 is 71.5 Å². The molecule has 0 saturated heterocycles. The van der Waals surface area contributed by atoms with Gasteiger partial charge in [-0.25, -0.2) is 16.8 Å². The van der Waals surface area contributed by atoms with Gasteiger partial charge in [0, 0.05) is 14.2 Å². The van der Waals surface area contributed by atoms with E-state index >= 15 is 0 Å². The van der Waals surface area contributed by atoms with Gasteiger partial charge in [0.1, 0.15) is 0 Å². The summed E-state index contributed by atoms with van der Waals surface area (Å²) in [6.45, 7) is 1.38. The Labute approximate surface area is 134 Å². The Morgan fingerprint density at radius 3 is 1.14 bits per heavy atom. The summed E-state index contributed by atoms with van der Waals surface area (Å²) in [5, 5.41) is 0. The number of methoxy groups -OCH3 is 2. The van der Waals surface area contributed by atoms with E-state index in [1.54, 1.807) is 14.2 Å². The molecule has 0 bridgehead atoms. The van der Waals surface area contributed by atoms with Gasteiger partial charge in [-0.15, -0.1) is 0 Å². The molecule has 0 N–H and O–H groups in total. The minimum absolute atomic E-state index is 0. The predicted octanol–water partition coefficient (Wildman–Crippen LogP) is -1.66. The van der Waals surface area contributed by atoms with E-state index in [1.165, 1.54) is 0 Å². The van der Waals surface area contributed by atoms with E-state index in [0.717, 1.165) is 4.13 Å². The molecule has 0 aromatic carbocycles. The number of alkyl halides is 6. The Morgan fingerprint density at radius 2 is 1.00 bits per heavy atom. The molecule has 0 spiro atoms. The molecule has 0 aliphatic heterocycles. The fourth-order valence-corrected chi connectivity index (χ4v) is 2.09. The van der Waals surface area contributed by atoms with Crippen LogP contribution in [0.2, 0.25) is 0 Å². The summed E-state index contributed by atoms with van der Waals surface area (Å²) >= 11 is 0. The van der Waals surface area contributed by atoms with Crippen LogP contribution >= 0.6 is 0 Å². The van der Waals surface area contributed by atoms with Crippen LogP contribution in [0.5, 0.6) is 0 Å². The van der Waals surface area contributed by atoms with Crippen molar-refractivity contribution >= 4 is 20.0 Å². The van der Waals surface area contributed by atoms with Gasteiger partial charge in [0.15, 0.2) is 20.0 Å². The third-order valence-electron chi connectivity index (χ3n) is 1.27. The molecule has 22 heavy (non-hydrogen) atoms. The van der Waals surface area contributed by atoms with Crippen molar-refractivity contribution in [3.05, 3.63) is 4.13 Å².